The zero-order chi connectivity index (χ0) is 18.1. The molecule has 0 unspecified atom stereocenters. The lowest BCUT2D eigenvalue weighted by atomic mass is 9.95. The number of aromatic hydroxyl groups is 1. The van der Waals surface area contributed by atoms with Crippen LogP contribution in [0.15, 0.2) is 54.1 Å². The molecule has 1 amide bonds. The molecule has 0 aromatic heterocycles. The fourth-order valence-electron chi connectivity index (χ4n) is 2.95. The van der Waals surface area contributed by atoms with Gasteiger partial charge in [0.25, 0.3) is 11.7 Å². The zero-order valence-corrected chi connectivity index (χ0v) is 13.8. The number of benzene rings is 2. The number of ether oxygens (including phenoxy) is 1. The number of aliphatic hydroxyl groups excluding tert-OH is 1. The lowest BCUT2D eigenvalue weighted by molar-refractivity contribution is -0.139. The van der Waals surface area contributed by atoms with Crippen molar-refractivity contribution >= 4 is 17.4 Å². The first kappa shape index (κ1) is 16.6. The maximum Gasteiger partial charge on any atom is 0.295 e. The standard InChI is InChI=1S/C19H17NO5/c1-20-16(12-8-9-13(21)14(10-12)25-2)15(18(23)19(20)24)17(22)11-6-4-3-5-7-11/h3-10,16,21-22H,1-2H3/t16-/m0/s1. The number of amides is 1. The van der Waals surface area contributed by atoms with Gasteiger partial charge in [0.15, 0.2) is 11.5 Å². The van der Waals surface area contributed by atoms with Crippen molar-refractivity contribution in [2.24, 2.45) is 0 Å². The van der Waals surface area contributed by atoms with Crippen molar-refractivity contribution in [1.29, 1.82) is 0 Å². The van der Waals surface area contributed by atoms with Crippen LogP contribution in [0.1, 0.15) is 17.2 Å². The van der Waals surface area contributed by atoms with Gasteiger partial charge in [-0.15, -0.1) is 0 Å². The Morgan fingerprint density at radius 2 is 1.80 bits per heavy atom. The molecule has 25 heavy (non-hydrogen) atoms. The minimum Gasteiger partial charge on any atom is -0.507 e. The van der Waals surface area contributed by atoms with E-state index in [1.165, 1.54) is 25.1 Å². The fourth-order valence-corrected chi connectivity index (χ4v) is 2.95. The molecule has 0 spiro atoms. The number of carbonyl (C=O) groups excluding carboxylic acids is 2. The highest BCUT2D eigenvalue weighted by Gasteiger charge is 2.44. The van der Waals surface area contributed by atoms with E-state index in [1.54, 1.807) is 42.5 Å². The van der Waals surface area contributed by atoms with E-state index in [4.69, 9.17) is 4.74 Å². The van der Waals surface area contributed by atoms with Gasteiger partial charge in [0.1, 0.15) is 5.76 Å². The van der Waals surface area contributed by atoms with Gasteiger partial charge >= 0.3 is 0 Å². The number of phenols is 1. The highest BCUT2D eigenvalue weighted by atomic mass is 16.5. The summed E-state index contributed by atoms with van der Waals surface area (Å²) in [5, 5.41) is 20.4. The summed E-state index contributed by atoms with van der Waals surface area (Å²) in [5.74, 6) is -1.52. The summed E-state index contributed by atoms with van der Waals surface area (Å²) in [4.78, 5) is 25.9. The molecule has 6 nitrogen and oxygen atoms in total. The van der Waals surface area contributed by atoms with Gasteiger partial charge in [0, 0.05) is 12.6 Å². The van der Waals surface area contributed by atoms with Gasteiger partial charge in [-0.25, -0.2) is 0 Å². The van der Waals surface area contributed by atoms with Crippen molar-refractivity contribution in [1.82, 2.24) is 4.90 Å². The van der Waals surface area contributed by atoms with Gasteiger partial charge in [0.2, 0.25) is 0 Å². The predicted octanol–water partition coefficient (Wildman–Crippen LogP) is 2.45. The van der Waals surface area contributed by atoms with Crippen LogP contribution < -0.4 is 4.74 Å². The van der Waals surface area contributed by atoms with Gasteiger partial charge < -0.3 is 19.8 Å². The molecule has 1 aliphatic rings. The zero-order valence-electron chi connectivity index (χ0n) is 13.8. The third-order valence-corrected chi connectivity index (χ3v) is 4.24. The molecule has 1 heterocycles. The highest BCUT2D eigenvalue weighted by Crippen LogP contribution is 2.40. The Balaban J connectivity index is 2.19. The van der Waals surface area contributed by atoms with E-state index in [9.17, 15) is 19.8 Å². The third-order valence-electron chi connectivity index (χ3n) is 4.24. The minimum atomic E-state index is -0.769. The Kier molecular flexibility index (Phi) is 4.19. The first-order valence-corrected chi connectivity index (χ1v) is 7.62. The van der Waals surface area contributed by atoms with Crippen molar-refractivity contribution in [2.75, 3.05) is 14.2 Å². The number of likely N-dealkylation sites (N-methyl/N-ethyl adjacent to an activating group) is 1. The van der Waals surface area contributed by atoms with Crippen molar-refractivity contribution in [3.05, 3.63) is 65.2 Å². The van der Waals surface area contributed by atoms with Crippen molar-refractivity contribution in [3.63, 3.8) is 0 Å². The Bertz CT molecular complexity index is 873. The Labute approximate surface area is 144 Å². The van der Waals surface area contributed by atoms with E-state index in [1.807, 2.05) is 0 Å². The Hall–Kier alpha value is -3.28. The predicted molar refractivity (Wildman–Crippen MR) is 91.2 cm³/mol. The first-order chi connectivity index (χ1) is 12.0. The summed E-state index contributed by atoms with van der Waals surface area (Å²) < 4.78 is 5.10. The van der Waals surface area contributed by atoms with Crippen molar-refractivity contribution in [2.45, 2.75) is 6.04 Å². The van der Waals surface area contributed by atoms with Crippen LogP contribution in [0.4, 0.5) is 0 Å². The SMILES string of the molecule is COc1cc([C@H]2C(=C(O)c3ccccc3)C(=O)C(=O)N2C)ccc1O. The van der Waals surface area contributed by atoms with E-state index in [0.717, 1.165) is 0 Å². The number of methoxy groups -OCH3 is 1. The lowest BCUT2D eigenvalue weighted by Crippen LogP contribution is -2.24. The molecule has 1 saturated heterocycles. The summed E-state index contributed by atoms with van der Waals surface area (Å²) >= 11 is 0. The Morgan fingerprint density at radius 3 is 2.44 bits per heavy atom. The number of carbonyl (C=O) groups is 2. The number of hydrogen-bond donors (Lipinski definition) is 2. The normalized spacial score (nSPS) is 19.3. The van der Waals surface area contributed by atoms with E-state index in [-0.39, 0.29) is 22.8 Å². The summed E-state index contributed by atoms with van der Waals surface area (Å²) in [6, 6.07) is 12.4. The molecular weight excluding hydrogens is 322 g/mol. The summed E-state index contributed by atoms with van der Waals surface area (Å²) in [6.07, 6.45) is 0. The molecule has 1 atom stereocenters. The molecule has 128 valence electrons. The largest absolute Gasteiger partial charge is 0.507 e. The number of hydrogen-bond acceptors (Lipinski definition) is 5. The molecule has 2 aromatic carbocycles. The number of Topliss-reactive ketones (excluding diaryl/α,β-unsaturated/α-hetero) is 1. The average Bonchev–Trinajstić information content (AvgIpc) is 2.86. The second-order valence-corrected chi connectivity index (χ2v) is 5.71. The van der Waals surface area contributed by atoms with Crippen LogP contribution in [0.2, 0.25) is 0 Å². The van der Waals surface area contributed by atoms with Crippen LogP contribution >= 0.6 is 0 Å². The van der Waals surface area contributed by atoms with Crippen LogP contribution in [0.25, 0.3) is 5.76 Å². The molecule has 1 aliphatic heterocycles. The fraction of sp³-hybridized carbons (Fsp3) is 0.158. The maximum atomic E-state index is 12.4. The number of likely N-dealkylation sites (tertiary alicyclic amines) is 1. The second-order valence-electron chi connectivity index (χ2n) is 5.71. The highest BCUT2D eigenvalue weighted by molar-refractivity contribution is 6.46. The number of aliphatic hydroxyl groups is 1. The smallest absolute Gasteiger partial charge is 0.295 e. The topological polar surface area (TPSA) is 87.1 Å². The number of ketones is 1. The molecule has 3 rings (SSSR count). The van der Waals surface area contributed by atoms with Gasteiger partial charge in [0.05, 0.1) is 18.7 Å². The van der Waals surface area contributed by atoms with E-state index in [2.05, 4.69) is 0 Å². The van der Waals surface area contributed by atoms with Crippen LogP contribution in [0.3, 0.4) is 0 Å². The quantitative estimate of drug-likeness (QED) is 0.509. The van der Waals surface area contributed by atoms with Crippen LogP contribution in [0.5, 0.6) is 11.5 Å². The molecular formula is C19H17NO5. The van der Waals surface area contributed by atoms with E-state index in [0.29, 0.717) is 11.1 Å². The molecule has 0 saturated carbocycles. The first-order valence-electron chi connectivity index (χ1n) is 7.62. The van der Waals surface area contributed by atoms with Crippen LogP contribution in [0, 0.1) is 0 Å². The maximum absolute atomic E-state index is 12.4. The van der Waals surface area contributed by atoms with Crippen LogP contribution in [-0.4, -0.2) is 41.0 Å². The van der Waals surface area contributed by atoms with Crippen molar-refractivity contribution < 1.29 is 24.5 Å². The van der Waals surface area contributed by atoms with E-state index >= 15 is 0 Å². The summed E-state index contributed by atoms with van der Waals surface area (Å²) in [5.41, 5.74) is 1.00. The molecule has 0 radical (unpaired) electrons. The summed E-state index contributed by atoms with van der Waals surface area (Å²) in [6.45, 7) is 0. The molecule has 6 heteroatoms. The van der Waals surface area contributed by atoms with Crippen LogP contribution in [-0.2, 0) is 9.59 Å². The van der Waals surface area contributed by atoms with Gasteiger partial charge in [-0.1, -0.05) is 36.4 Å². The molecule has 0 bridgehead atoms. The van der Waals surface area contributed by atoms with Crippen molar-refractivity contribution in [3.8, 4) is 11.5 Å². The van der Waals surface area contributed by atoms with Gasteiger partial charge in [-0.3, -0.25) is 9.59 Å². The third kappa shape index (κ3) is 2.71. The van der Waals surface area contributed by atoms with E-state index < -0.39 is 17.7 Å². The number of nitrogens with zero attached hydrogens (tertiary/aromatic N) is 1. The number of phenolic OH excluding ortho intramolecular Hbond substituents is 1. The molecule has 1 fully saturated rings. The van der Waals surface area contributed by atoms with Gasteiger partial charge in [-0.05, 0) is 17.7 Å². The molecule has 0 aliphatic carbocycles. The second kappa shape index (κ2) is 6.32. The van der Waals surface area contributed by atoms with Gasteiger partial charge in [-0.2, -0.15) is 0 Å². The summed E-state index contributed by atoms with van der Waals surface area (Å²) in [7, 11) is 2.90. The Morgan fingerprint density at radius 1 is 1.12 bits per heavy atom. The minimum absolute atomic E-state index is 0.00597. The molecule has 2 aromatic rings. The molecule has 2 N–H and O–H groups in total. The lowest BCUT2D eigenvalue weighted by Gasteiger charge is -2.21. The average molecular weight is 339 g/mol. The number of rotatable bonds is 3. The monoisotopic (exact) mass is 339 g/mol.